The van der Waals surface area contributed by atoms with Crippen molar-refractivity contribution in [2.24, 2.45) is 5.41 Å². The van der Waals surface area contributed by atoms with E-state index in [9.17, 15) is 5.26 Å². The van der Waals surface area contributed by atoms with Gasteiger partial charge in [0.1, 0.15) is 0 Å². The molecule has 0 fully saturated rings. The van der Waals surface area contributed by atoms with Gasteiger partial charge in [-0.2, -0.15) is 15.2 Å². The maximum Gasteiger partial charge on any atom is 0.238 e. The van der Waals surface area contributed by atoms with Crippen LogP contribution >= 0.6 is 0 Å². The topological polar surface area (TPSA) is 72.3 Å². The van der Waals surface area contributed by atoms with Gasteiger partial charge in [0.15, 0.2) is 11.6 Å². The molecule has 9 aromatic rings. The van der Waals surface area contributed by atoms with Gasteiger partial charge in [-0.3, -0.25) is 4.57 Å². The number of nitriles is 1. The maximum atomic E-state index is 9.86. The largest absolute Gasteiger partial charge is 0.309 e. The lowest BCUT2D eigenvalue weighted by Crippen LogP contribution is -2.42. The van der Waals surface area contributed by atoms with Gasteiger partial charge in [-0.25, -0.2) is 4.98 Å². The summed E-state index contributed by atoms with van der Waals surface area (Å²) >= 11 is 0. The Labute approximate surface area is 355 Å². The van der Waals surface area contributed by atoms with E-state index in [2.05, 4.69) is 172 Å². The number of hydrogen-bond acceptors (Lipinski definition) is 4. The molecule has 0 radical (unpaired) electrons. The SMILES string of the molecule is CC1(C)c2ccc(-n3c4ccccc4c4cc5c6c(n(-c7nc(-c8ccc(-c9ccccc9)cc8)nc(-c8cccc(C#N)c8)n7)c5cc43)=CCCC=6)cc2C(C)(C)C1(C)C. The molecule has 2 aliphatic carbocycles. The van der Waals surface area contributed by atoms with Crippen molar-refractivity contribution in [1.82, 2.24) is 24.1 Å². The number of rotatable bonds is 5. The molecule has 0 atom stereocenters. The van der Waals surface area contributed by atoms with Gasteiger partial charge >= 0.3 is 0 Å². The summed E-state index contributed by atoms with van der Waals surface area (Å²) in [6.45, 7) is 14.5. The van der Waals surface area contributed by atoms with E-state index in [-0.39, 0.29) is 16.2 Å². The second-order valence-corrected chi connectivity index (χ2v) is 18.4. The van der Waals surface area contributed by atoms with Crippen molar-refractivity contribution < 1.29 is 0 Å². The summed E-state index contributed by atoms with van der Waals surface area (Å²) in [5.74, 6) is 1.62. The number of nitrogens with zero attached hydrogens (tertiary/aromatic N) is 6. The molecular formula is C55H46N6. The minimum absolute atomic E-state index is 0.0202. The summed E-state index contributed by atoms with van der Waals surface area (Å²) in [5.41, 5.74) is 11.9. The van der Waals surface area contributed by atoms with Crippen molar-refractivity contribution in [3.63, 3.8) is 0 Å². The monoisotopic (exact) mass is 790 g/mol. The van der Waals surface area contributed by atoms with Crippen LogP contribution < -0.4 is 10.6 Å². The number of aromatic nitrogens is 5. The first kappa shape index (κ1) is 36.9. The zero-order valence-corrected chi connectivity index (χ0v) is 35.5. The van der Waals surface area contributed by atoms with Crippen LogP contribution in [0.5, 0.6) is 0 Å². The molecule has 61 heavy (non-hydrogen) atoms. The second-order valence-electron chi connectivity index (χ2n) is 18.4. The Morgan fingerprint density at radius 2 is 1.16 bits per heavy atom. The second kappa shape index (κ2) is 13.2. The van der Waals surface area contributed by atoms with E-state index in [1.165, 1.54) is 38.0 Å². The predicted octanol–water partition coefficient (Wildman–Crippen LogP) is 11.7. The van der Waals surface area contributed by atoms with Crippen molar-refractivity contribution in [3.05, 3.63) is 161 Å². The number of hydrogen-bond donors (Lipinski definition) is 0. The Hall–Kier alpha value is -7.10. The first-order valence-electron chi connectivity index (χ1n) is 21.3. The van der Waals surface area contributed by atoms with Gasteiger partial charge in [0.25, 0.3) is 0 Å². The number of para-hydroxylation sites is 1. The van der Waals surface area contributed by atoms with Gasteiger partial charge in [-0.05, 0) is 93.8 Å². The lowest BCUT2D eigenvalue weighted by Gasteiger charge is -2.44. The van der Waals surface area contributed by atoms with E-state index in [1.807, 2.05) is 30.3 Å². The van der Waals surface area contributed by atoms with E-state index >= 15 is 0 Å². The van der Waals surface area contributed by atoms with E-state index in [0.29, 0.717) is 23.2 Å². The zero-order valence-electron chi connectivity index (χ0n) is 35.5. The Balaban J connectivity index is 1.18. The molecule has 0 N–H and O–H groups in total. The van der Waals surface area contributed by atoms with Crippen LogP contribution in [-0.2, 0) is 10.8 Å². The molecule has 0 amide bonds. The van der Waals surface area contributed by atoms with Crippen LogP contribution in [0.15, 0.2) is 133 Å². The number of fused-ring (bicyclic) bond motifs is 7. The lowest BCUT2D eigenvalue weighted by atomic mass is 9.59. The van der Waals surface area contributed by atoms with Gasteiger partial charge in [0, 0.05) is 38.2 Å². The van der Waals surface area contributed by atoms with Crippen molar-refractivity contribution in [2.45, 2.75) is 65.2 Å². The summed E-state index contributed by atoms with van der Waals surface area (Å²) in [7, 11) is 0. The molecule has 3 heterocycles. The van der Waals surface area contributed by atoms with E-state index in [0.717, 1.165) is 57.2 Å². The standard InChI is InChI=1S/C55H46N6/c1-53(2)44-28-27-39(30-45(44)54(3,4)55(53,5)6)60-46-21-12-10-19-40(46)42-31-43-41-20-11-13-22-47(41)61(49(43)32-48(42)60)52-58-50(57-51(59-52)38-18-14-15-34(29-38)33-56)37-25-23-36(24-26-37)35-16-8-7-9-17-35/h7-10,12,14-32H,11,13H2,1-6H3. The smallest absolute Gasteiger partial charge is 0.238 e. The van der Waals surface area contributed by atoms with Gasteiger partial charge in [-0.1, -0.05) is 145 Å². The fourth-order valence-corrected chi connectivity index (χ4v) is 10.2. The highest BCUT2D eigenvalue weighted by Crippen LogP contribution is 2.61. The highest BCUT2D eigenvalue weighted by atomic mass is 15.2. The number of benzene rings is 6. The molecule has 0 unspecified atom stereocenters. The van der Waals surface area contributed by atoms with Crippen molar-refractivity contribution >= 4 is 44.9 Å². The Kier molecular flexibility index (Phi) is 7.99. The first-order valence-corrected chi connectivity index (χ1v) is 21.3. The van der Waals surface area contributed by atoms with Gasteiger partial charge in [-0.15, -0.1) is 0 Å². The Morgan fingerprint density at radius 1 is 0.508 bits per heavy atom. The molecule has 11 rings (SSSR count). The predicted molar refractivity (Wildman–Crippen MR) is 249 cm³/mol. The van der Waals surface area contributed by atoms with Crippen LogP contribution in [0, 0.1) is 16.7 Å². The van der Waals surface area contributed by atoms with E-state index < -0.39 is 0 Å². The molecule has 2 aliphatic rings. The van der Waals surface area contributed by atoms with Crippen LogP contribution in [0.4, 0.5) is 0 Å². The molecule has 6 heteroatoms. The molecule has 0 saturated heterocycles. The van der Waals surface area contributed by atoms with Crippen molar-refractivity contribution in [2.75, 3.05) is 0 Å². The summed E-state index contributed by atoms with van der Waals surface area (Å²) < 4.78 is 4.69. The highest BCUT2D eigenvalue weighted by molar-refractivity contribution is 6.13. The minimum Gasteiger partial charge on any atom is -0.309 e. The summed E-state index contributed by atoms with van der Waals surface area (Å²) in [6.07, 6.45) is 6.58. The molecule has 0 aliphatic heterocycles. The molecule has 0 bridgehead atoms. The molecule has 6 aromatic carbocycles. The highest BCUT2D eigenvalue weighted by Gasteiger charge is 2.56. The fraction of sp³-hybridized carbons (Fsp3) is 0.200. The lowest BCUT2D eigenvalue weighted by molar-refractivity contribution is 0.125. The van der Waals surface area contributed by atoms with Crippen LogP contribution in [0.1, 0.15) is 71.1 Å². The Morgan fingerprint density at radius 3 is 1.95 bits per heavy atom. The van der Waals surface area contributed by atoms with Gasteiger partial charge in [0.05, 0.1) is 33.5 Å². The van der Waals surface area contributed by atoms with Crippen molar-refractivity contribution in [1.29, 1.82) is 5.26 Å². The molecular weight excluding hydrogens is 745 g/mol. The van der Waals surface area contributed by atoms with Crippen LogP contribution in [0.2, 0.25) is 0 Å². The summed E-state index contributed by atoms with van der Waals surface area (Å²) in [5, 5.41) is 15.8. The van der Waals surface area contributed by atoms with Gasteiger partial charge < -0.3 is 4.57 Å². The van der Waals surface area contributed by atoms with Crippen LogP contribution in [0.25, 0.3) is 90.4 Å². The molecule has 296 valence electrons. The first-order chi connectivity index (χ1) is 29.5. The van der Waals surface area contributed by atoms with Gasteiger partial charge in [0.2, 0.25) is 5.95 Å². The van der Waals surface area contributed by atoms with Crippen LogP contribution in [0.3, 0.4) is 0 Å². The fourth-order valence-electron chi connectivity index (χ4n) is 10.2. The molecule has 6 nitrogen and oxygen atoms in total. The third-order valence-electron chi connectivity index (χ3n) is 14.7. The van der Waals surface area contributed by atoms with E-state index in [1.54, 1.807) is 0 Å². The molecule has 0 spiro atoms. The van der Waals surface area contributed by atoms with Crippen LogP contribution in [-0.4, -0.2) is 24.1 Å². The average molecular weight is 791 g/mol. The van der Waals surface area contributed by atoms with Crippen molar-refractivity contribution in [3.8, 4) is 51.6 Å². The Bertz CT molecular complexity index is 3450. The maximum absolute atomic E-state index is 9.86. The third kappa shape index (κ3) is 5.36. The average Bonchev–Trinajstić information content (AvgIpc) is 3.83. The quantitative estimate of drug-likeness (QED) is 0.174. The minimum atomic E-state index is -0.0317. The molecule has 3 aromatic heterocycles. The molecule has 0 saturated carbocycles. The third-order valence-corrected chi connectivity index (χ3v) is 14.7. The summed E-state index contributed by atoms with van der Waals surface area (Å²) in [4.78, 5) is 15.6. The summed E-state index contributed by atoms with van der Waals surface area (Å²) in [6, 6.07) is 49.3. The van der Waals surface area contributed by atoms with E-state index in [4.69, 9.17) is 15.0 Å². The normalized spacial score (nSPS) is 15.9. The zero-order chi connectivity index (χ0) is 41.8.